The maximum absolute atomic E-state index is 11.9. The molecule has 0 fully saturated rings. The van der Waals surface area contributed by atoms with Crippen molar-refractivity contribution in [3.8, 4) is 0 Å². The smallest absolute Gasteiger partial charge is 0.195 e. The molecule has 0 aliphatic heterocycles. The fraction of sp³-hybridized carbons (Fsp3) is 0.667. The third-order valence-electron chi connectivity index (χ3n) is 2.53. The Hall–Kier alpha value is -0.650. The molecule has 0 aliphatic carbocycles. The van der Waals surface area contributed by atoms with Crippen LogP contribution in [0.2, 0.25) is 0 Å². The third-order valence-corrected chi connectivity index (χ3v) is 3.69. The summed E-state index contributed by atoms with van der Waals surface area (Å²) in [6, 6.07) is -0.546. The van der Waals surface area contributed by atoms with Gasteiger partial charge in [0.05, 0.1) is 0 Å². The van der Waals surface area contributed by atoms with E-state index in [-0.39, 0.29) is 23.9 Å². The van der Waals surface area contributed by atoms with E-state index in [2.05, 4.69) is 22.6 Å². The van der Waals surface area contributed by atoms with Crippen molar-refractivity contribution in [1.29, 1.82) is 0 Å². The molecule has 0 aliphatic rings. The van der Waals surface area contributed by atoms with E-state index in [0.29, 0.717) is 0 Å². The van der Waals surface area contributed by atoms with Crippen molar-refractivity contribution in [1.82, 2.24) is 9.44 Å². The van der Waals surface area contributed by atoms with Gasteiger partial charge in [-0.2, -0.15) is 17.9 Å². The first-order valence-corrected chi connectivity index (χ1v) is 7.26. The van der Waals surface area contributed by atoms with Gasteiger partial charge in [0.1, 0.15) is 0 Å². The lowest BCUT2D eigenvalue weighted by Gasteiger charge is -2.23. The molecule has 0 aromatic rings. The maximum atomic E-state index is 11.9. The average molecular weight is 260 g/mol. The van der Waals surface area contributed by atoms with Gasteiger partial charge in [-0.1, -0.05) is 39.8 Å². The van der Waals surface area contributed by atoms with Crippen LogP contribution in [0.25, 0.3) is 0 Å². The van der Waals surface area contributed by atoms with Crippen molar-refractivity contribution in [2.75, 3.05) is 0 Å². The van der Waals surface area contributed by atoms with Gasteiger partial charge in [-0.05, 0) is 11.8 Å². The topological polar surface area (TPSA) is 58.2 Å². The Labute approximate surface area is 105 Å². The predicted molar refractivity (Wildman–Crippen MR) is 72.8 cm³/mol. The summed E-state index contributed by atoms with van der Waals surface area (Å²) in [5.74, 6) is 0.315. The minimum absolute atomic E-state index is 0.158. The first-order chi connectivity index (χ1) is 7.73. The molecule has 0 spiro atoms. The largest absolute Gasteiger partial charge is 0.278 e. The lowest BCUT2D eigenvalue weighted by Crippen LogP contribution is -2.48. The third kappa shape index (κ3) is 6.00. The summed E-state index contributed by atoms with van der Waals surface area (Å²) in [7, 11) is -3.54. The van der Waals surface area contributed by atoms with Crippen LogP contribution in [0.15, 0.2) is 25.3 Å². The molecule has 2 atom stereocenters. The van der Waals surface area contributed by atoms with E-state index in [4.69, 9.17) is 0 Å². The van der Waals surface area contributed by atoms with E-state index in [1.54, 1.807) is 12.2 Å². The predicted octanol–water partition coefficient (Wildman–Crippen LogP) is 1.83. The van der Waals surface area contributed by atoms with E-state index in [1.807, 2.05) is 27.7 Å². The summed E-state index contributed by atoms with van der Waals surface area (Å²) in [5, 5.41) is 0. The zero-order chi connectivity index (χ0) is 13.6. The molecule has 0 radical (unpaired) electrons. The molecule has 0 saturated carbocycles. The highest BCUT2D eigenvalue weighted by Gasteiger charge is 2.21. The van der Waals surface area contributed by atoms with Gasteiger partial charge in [0.25, 0.3) is 10.2 Å². The van der Waals surface area contributed by atoms with Gasteiger partial charge >= 0.3 is 0 Å². The van der Waals surface area contributed by atoms with Gasteiger partial charge in [0, 0.05) is 12.1 Å². The van der Waals surface area contributed by atoms with Crippen molar-refractivity contribution in [2.45, 2.75) is 39.8 Å². The zero-order valence-electron chi connectivity index (χ0n) is 11.1. The summed E-state index contributed by atoms with van der Waals surface area (Å²) >= 11 is 0. The minimum Gasteiger partial charge on any atom is -0.195 e. The lowest BCUT2D eigenvalue weighted by molar-refractivity contribution is 0.477. The SMILES string of the molecule is C=C[C@@H](NS(=O)(=O)N[C@H](C=C)C(C)C)C(C)C. The minimum atomic E-state index is -3.54. The normalized spacial score (nSPS) is 15.9. The van der Waals surface area contributed by atoms with Crippen molar-refractivity contribution < 1.29 is 8.42 Å². The second-order valence-electron chi connectivity index (χ2n) is 4.75. The van der Waals surface area contributed by atoms with Crippen LogP contribution < -0.4 is 9.44 Å². The van der Waals surface area contributed by atoms with Crippen LogP contribution in [0.4, 0.5) is 0 Å². The van der Waals surface area contributed by atoms with Crippen LogP contribution in [0, 0.1) is 11.8 Å². The van der Waals surface area contributed by atoms with E-state index < -0.39 is 10.2 Å². The van der Waals surface area contributed by atoms with Gasteiger partial charge < -0.3 is 0 Å². The number of hydrogen-bond acceptors (Lipinski definition) is 2. The molecular weight excluding hydrogens is 236 g/mol. The molecule has 2 N–H and O–H groups in total. The Bertz CT molecular complexity index is 320. The number of rotatable bonds is 8. The van der Waals surface area contributed by atoms with Crippen molar-refractivity contribution in [2.24, 2.45) is 11.8 Å². The summed E-state index contributed by atoms with van der Waals surface area (Å²) in [6.07, 6.45) is 3.20. The summed E-state index contributed by atoms with van der Waals surface area (Å²) in [4.78, 5) is 0. The molecule has 4 nitrogen and oxygen atoms in total. The van der Waals surface area contributed by atoms with E-state index in [0.717, 1.165) is 0 Å². The molecule has 0 bridgehead atoms. The van der Waals surface area contributed by atoms with E-state index >= 15 is 0 Å². The Balaban J connectivity index is 4.68. The molecular formula is C12H24N2O2S. The Kier molecular flexibility index (Phi) is 6.67. The van der Waals surface area contributed by atoms with Crippen LogP contribution in [-0.2, 0) is 10.2 Å². The van der Waals surface area contributed by atoms with Crippen molar-refractivity contribution in [3.05, 3.63) is 25.3 Å². The Morgan fingerprint density at radius 1 is 0.882 bits per heavy atom. The van der Waals surface area contributed by atoms with Crippen molar-refractivity contribution in [3.63, 3.8) is 0 Å². The molecule has 0 saturated heterocycles. The molecule has 0 amide bonds. The number of hydrogen-bond donors (Lipinski definition) is 2. The second kappa shape index (κ2) is 6.93. The first-order valence-electron chi connectivity index (χ1n) is 5.78. The average Bonchev–Trinajstić information content (AvgIpc) is 2.22. The molecule has 0 aromatic carbocycles. The maximum Gasteiger partial charge on any atom is 0.278 e. The fourth-order valence-electron chi connectivity index (χ4n) is 1.31. The lowest BCUT2D eigenvalue weighted by atomic mass is 10.1. The van der Waals surface area contributed by atoms with E-state index in [1.165, 1.54) is 0 Å². The molecule has 0 heterocycles. The van der Waals surface area contributed by atoms with Crippen LogP contribution in [0.3, 0.4) is 0 Å². The Morgan fingerprint density at radius 3 is 1.35 bits per heavy atom. The second-order valence-corrected chi connectivity index (χ2v) is 6.23. The standard InChI is InChI=1S/C12H24N2O2S/c1-7-11(9(3)4)13-17(15,16)14-12(8-2)10(5)6/h7-14H,1-2H2,3-6H3/t11-,12-/m1/s1. The van der Waals surface area contributed by atoms with Crippen LogP contribution in [0.1, 0.15) is 27.7 Å². The fourth-order valence-corrected chi connectivity index (χ4v) is 2.83. The highest BCUT2D eigenvalue weighted by atomic mass is 32.2. The molecule has 5 heteroatoms. The van der Waals surface area contributed by atoms with Crippen LogP contribution in [-0.4, -0.2) is 20.5 Å². The molecule has 17 heavy (non-hydrogen) atoms. The highest BCUT2D eigenvalue weighted by molar-refractivity contribution is 7.87. The first kappa shape index (κ1) is 16.4. The van der Waals surface area contributed by atoms with Gasteiger partial charge in [-0.25, -0.2) is 0 Å². The van der Waals surface area contributed by atoms with Gasteiger partial charge in [0.2, 0.25) is 0 Å². The molecule has 0 aromatic heterocycles. The quantitative estimate of drug-likeness (QED) is 0.654. The van der Waals surface area contributed by atoms with Gasteiger partial charge in [0.15, 0.2) is 0 Å². The Morgan fingerprint density at radius 2 is 1.18 bits per heavy atom. The molecule has 0 rings (SSSR count). The molecule has 0 unspecified atom stereocenters. The summed E-state index contributed by atoms with van der Waals surface area (Å²) in [6.45, 7) is 15.0. The zero-order valence-corrected chi connectivity index (χ0v) is 11.9. The van der Waals surface area contributed by atoms with Crippen molar-refractivity contribution >= 4 is 10.2 Å². The summed E-state index contributed by atoms with van der Waals surface area (Å²) < 4.78 is 28.8. The van der Waals surface area contributed by atoms with Crippen LogP contribution in [0.5, 0.6) is 0 Å². The van der Waals surface area contributed by atoms with Gasteiger partial charge in [-0.15, -0.1) is 13.2 Å². The molecule has 100 valence electrons. The van der Waals surface area contributed by atoms with Crippen LogP contribution >= 0.6 is 0 Å². The summed E-state index contributed by atoms with van der Waals surface area (Å²) in [5.41, 5.74) is 0. The monoisotopic (exact) mass is 260 g/mol. The highest BCUT2D eigenvalue weighted by Crippen LogP contribution is 2.06. The van der Waals surface area contributed by atoms with Gasteiger partial charge in [-0.3, -0.25) is 0 Å². The number of nitrogens with one attached hydrogen (secondary N) is 2. The van der Waals surface area contributed by atoms with E-state index in [9.17, 15) is 8.42 Å².